The van der Waals surface area contributed by atoms with Crippen molar-refractivity contribution in [1.82, 2.24) is 24.9 Å². The van der Waals surface area contributed by atoms with Gasteiger partial charge < -0.3 is 10.6 Å². The maximum atomic E-state index is 12.7. The summed E-state index contributed by atoms with van der Waals surface area (Å²) >= 11 is 0. The second-order valence-electron chi connectivity index (χ2n) is 7.53. The summed E-state index contributed by atoms with van der Waals surface area (Å²) in [5.41, 5.74) is 3.30. The predicted molar refractivity (Wildman–Crippen MR) is 100 cm³/mol. The lowest BCUT2D eigenvalue weighted by Crippen LogP contribution is -2.35. The van der Waals surface area contributed by atoms with Gasteiger partial charge in [-0.3, -0.25) is 19.0 Å². The van der Waals surface area contributed by atoms with E-state index in [2.05, 4.69) is 20.8 Å². The van der Waals surface area contributed by atoms with Gasteiger partial charge in [0.25, 0.3) is 5.91 Å². The lowest BCUT2D eigenvalue weighted by molar-refractivity contribution is -0.122. The Morgan fingerprint density at radius 3 is 2.78 bits per heavy atom. The molecule has 2 N–H and O–H groups in total. The van der Waals surface area contributed by atoms with Crippen LogP contribution < -0.4 is 10.6 Å². The van der Waals surface area contributed by atoms with Gasteiger partial charge in [0.05, 0.1) is 17.6 Å². The van der Waals surface area contributed by atoms with Crippen molar-refractivity contribution in [3.63, 3.8) is 0 Å². The molecule has 0 bridgehead atoms. The third kappa shape index (κ3) is 3.89. The highest BCUT2D eigenvalue weighted by atomic mass is 16.2. The molecule has 144 valence electrons. The van der Waals surface area contributed by atoms with Crippen LogP contribution in [-0.4, -0.2) is 37.4 Å². The Labute approximate surface area is 158 Å². The van der Waals surface area contributed by atoms with Gasteiger partial charge in [-0.2, -0.15) is 10.2 Å². The first-order valence-electron chi connectivity index (χ1n) is 9.78. The Kier molecular flexibility index (Phi) is 4.96. The van der Waals surface area contributed by atoms with E-state index in [-0.39, 0.29) is 18.4 Å². The second kappa shape index (κ2) is 7.54. The van der Waals surface area contributed by atoms with Crippen LogP contribution in [0.15, 0.2) is 12.4 Å². The van der Waals surface area contributed by atoms with Crippen molar-refractivity contribution < 1.29 is 9.59 Å². The number of nitrogens with zero attached hydrogens (tertiary/aromatic N) is 4. The molecule has 2 aromatic heterocycles. The van der Waals surface area contributed by atoms with Gasteiger partial charge in [0.1, 0.15) is 12.2 Å². The highest BCUT2D eigenvalue weighted by Gasteiger charge is 2.24. The van der Waals surface area contributed by atoms with E-state index in [9.17, 15) is 9.59 Å². The highest BCUT2D eigenvalue weighted by molar-refractivity contribution is 6.04. The minimum atomic E-state index is -0.178. The molecule has 2 aliphatic carbocycles. The van der Waals surface area contributed by atoms with E-state index >= 15 is 0 Å². The third-order valence-electron chi connectivity index (χ3n) is 5.45. The fourth-order valence-corrected chi connectivity index (χ4v) is 4.16. The molecule has 0 unspecified atom stereocenters. The molecular formula is C19H26N6O2. The van der Waals surface area contributed by atoms with Gasteiger partial charge in [-0.05, 0) is 38.5 Å². The minimum absolute atomic E-state index is 0.0384. The molecule has 1 saturated carbocycles. The van der Waals surface area contributed by atoms with Crippen LogP contribution in [0, 0.1) is 0 Å². The number of rotatable bonds is 5. The van der Waals surface area contributed by atoms with Gasteiger partial charge >= 0.3 is 0 Å². The summed E-state index contributed by atoms with van der Waals surface area (Å²) in [6.07, 6.45) is 11.8. The Morgan fingerprint density at radius 1 is 1.19 bits per heavy atom. The fraction of sp³-hybridized carbons (Fsp3) is 0.579. The SMILES string of the molecule is Cn1nc2c(c1C(=O)Nc1cnn(CC(=O)NC3CCCC3)c1)CCCC2. The summed E-state index contributed by atoms with van der Waals surface area (Å²) in [6.45, 7) is 0.160. The van der Waals surface area contributed by atoms with E-state index in [4.69, 9.17) is 0 Å². The lowest BCUT2D eigenvalue weighted by Gasteiger charge is -2.11. The summed E-state index contributed by atoms with van der Waals surface area (Å²) in [6, 6.07) is 0.295. The summed E-state index contributed by atoms with van der Waals surface area (Å²) in [4.78, 5) is 24.9. The van der Waals surface area contributed by atoms with Crippen molar-refractivity contribution >= 4 is 17.5 Å². The second-order valence-corrected chi connectivity index (χ2v) is 7.53. The van der Waals surface area contributed by atoms with Crippen LogP contribution in [0.2, 0.25) is 0 Å². The van der Waals surface area contributed by atoms with Crippen LogP contribution in [-0.2, 0) is 31.2 Å². The Balaban J connectivity index is 1.38. The fourth-order valence-electron chi connectivity index (χ4n) is 4.16. The van der Waals surface area contributed by atoms with Crippen molar-refractivity contribution in [2.75, 3.05) is 5.32 Å². The average Bonchev–Trinajstić information content (AvgIpc) is 3.34. The molecule has 0 spiro atoms. The highest BCUT2D eigenvalue weighted by Crippen LogP contribution is 2.24. The molecule has 2 aliphatic rings. The Hall–Kier alpha value is -2.64. The number of aryl methyl sites for hydroxylation is 2. The number of hydrogen-bond donors (Lipinski definition) is 2. The number of anilines is 1. The first-order valence-corrected chi connectivity index (χ1v) is 9.78. The predicted octanol–water partition coefficient (Wildman–Crippen LogP) is 1.81. The van der Waals surface area contributed by atoms with Crippen LogP contribution in [0.3, 0.4) is 0 Å². The van der Waals surface area contributed by atoms with E-state index < -0.39 is 0 Å². The molecule has 27 heavy (non-hydrogen) atoms. The number of aromatic nitrogens is 4. The van der Waals surface area contributed by atoms with Gasteiger partial charge in [-0.25, -0.2) is 0 Å². The zero-order chi connectivity index (χ0) is 18.8. The summed E-state index contributed by atoms with van der Waals surface area (Å²) in [5.74, 6) is -0.216. The van der Waals surface area contributed by atoms with Crippen LogP contribution in [0.5, 0.6) is 0 Å². The van der Waals surface area contributed by atoms with Gasteiger partial charge in [-0.1, -0.05) is 12.8 Å². The number of fused-ring (bicyclic) bond motifs is 1. The van der Waals surface area contributed by atoms with E-state index in [0.717, 1.165) is 49.8 Å². The molecule has 0 atom stereocenters. The van der Waals surface area contributed by atoms with E-state index in [1.807, 2.05) is 7.05 Å². The number of carbonyl (C=O) groups is 2. The maximum absolute atomic E-state index is 12.7. The normalized spacial score (nSPS) is 16.9. The zero-order valence-electron chi connectivity index (χ0n) is 15.7. The number of nitrogens with one attached hydrogen (secondary N) is 2. The molecule has 0 aromatic carbocycles. The monoisotopic (exact) mass is 370 g/mol. The molecule has 4 rings (SSSR count). The molecule has 0 radical (unpaired) electrons. The van der Waals surface area contributed by atoms with Crippen LogP contribution >= 0.6 is 0 Å². The largest absolute Gasteiger partial charge is 0.352 e. The van der Waals surface area contributed by atoms with Crippen molar-refractivity contribution in [2.24, 2.45) is 7.05 Å². The topological polar surface area (TPSA) is 93.8 Å². The summed E-state index contributed by atoms with van der Waals surface area (Å²) in [5, 5.41) is 14.6. The summed E-state index contributed by atoms with van der Waals surface area (Å²) in [7, 11) is 1.81. The van der Waals surface area contributed by atoms with Gasteiger partial charge in [-0.15, -0.1) is 0 Å². The van der Waals surface area contributed by atoms with Crippen molar-refractivity contribution in [1.29, 1.82) is 0 Å². The molecule has 2 heterocycles. The van der Waals surface area contributed by atoms with E-state index in [0.29, 0.717) is 17.4 Å². The standard InChI is InChI=1S/C19H26N6O2/c1-24-18(15-8-4-5-9-16(15)23-24)19(27)22-14-10-20-25(11-14)12-17(26)21-13-6-2-3-7-13/h10-11,13H,2-9,12H2,1H3,(H,21,26)(H,22,27). The molecule has 8 nitrogen and oxygen atoms in total. The van der Waals surface area contributed by atoms with Crippen LogP contribution in [0.25, 0.3) is 0 Å². The lowest BCUT2D eigenvalue weighted by atomic mass is 9.95. The van der Waals surface area contributed by atoms with Crippen LogP contribution in [0.1, 0.15) is 60.3 Å². The minimum Gasteiger partial charge on any atom is -0.352 e. The summed E-state index contributed by atoms with van der Waals surface area (Å²) < 4.78 is 3.23. The van der Waals surface area contributed by atoms with E-state index in [1.54, 1.807) is 21.8 Å². The zero-order valence-corrected chi connectivity index (χ0v) is 15.7. The van der Waals surface area contributed by atoms with Gasteiger partial charge in [0.15, 0.2) is 0 Å². The van der Waals surface area contributed by atoms with Crippen LogP contribution in [0.4, 0.5) is 5.69 Å². The van der Waals surface area contributed by atoms with Gasteiger partial charge in [0, 0.05) is 24.8 Å². The molecule has 2 amide bonds. The van der Waals surface area contributed by atoms with Crippen molar-refractivity contribution in [3.05, 3.63) is 29.3 Å². The number of carbonyl (C=O) groups excluding carboxylic acids is 2. The smallest absolute Gasteiger partial charge is 0.274 e. The molecule has 0 saturated heterocycles. The third-order valence-corrected chi connectivity index (χ3v) is 5.45. The molecule has 0 aliphatic heterocycles. The average molecular weight is 370 g/mol. The van der Waals surface area contributed by atoms with Gasteiger partial charge in [0.2, 0.25) is 5.91 Å². The first kappa shape index (κ1) is 17.8. The molecule has 2 aromatic rings. The van der Waals surface area contributed by atoms with Crippen molar-refractivity contribution in [2.45, 2.75) is 64.0 Å². The Bertz CT molecular complexity index is 847. The van der Waals surface area contributed by atoms with E-state index in [1.165, 1.54) is 12.8 Å². The maximum Gasteiger partial charge on any atom is 0.274 e. The first-order chi connectivity index (χ1) is 13.1. The van der Waals surface area contributed by atoms with Crippen molar-refractivity contribution in [3.8, 4) is 0 Å². The molecule has 1 fully saturated rings. The molecular weight excluding hydrogens is 344 g/mol. The number of amides is 2. The molecule has 8 heteroatoms. The number of hydrogen-bond acceptors (Lipinski definition) is 4. The quantitative estimate of drug-likeness (QED) is 0.839. The Morgan fingerprint density at radius 2 is 1.96 bits per heavy atom.